The van der Waals surface area contributed by atoms with Crippen LogP contribution in [-0.2, 0) is 17.8 Å². The van der Waals surface area contributed by atoms with Gasteiger partial charge in [0.25, 0.3) is 0 Å². The second kappa shape index (κ2) is 8.61. The molecule has 5 heteroatoms. The maximum Gasteiger partial charge on any atom is 0.311 e. The van der Waals surface area contributed by atoms with Crippen molar-refractivity contribution in [1.29, 1.82) is 0 Å². The first-order chi connectivity index (χ1) is 14.2. The smallest absolute Gasteiger partial charge is 0.311 e. The predicted octanol–water partition coefficient (Wildman–Crippen LogP) is 4.99. The Morgan fingerprint density at radius 3 is 2.55 bits per heavy atom. The van der Waals surface area contributed by atoms with E-state index in [1.807, 2.05) is 18.3 Å². The van der Waals surface area contributed by atoms with E-state index in [4.69, 9.17) is 9.47 Å². The van der Waals surface area contributed by atoms with Gasteiger partial charge in [-0.25, -0.2) is 0 Å². The molecule has 4 rings (SSSR count). The summed E-state index contributed by atoms with van der Waals surface area (Å²) in [6.07, 6.45) is 6.39. The van der Waals surface area contributed by atoms with Gasteiger partial charge in [-0.05, 0) is 73.0 Å². The maximum atomic E-state index is 12.2. The van der Waals surface area contributed by atoms with Crippen LogP contribution in [0.15, 0.2) is 73.2 Å². The first-order valence-electron chi connectivity index (χ1n) is 9.56. The molecule has 0 aliphatic heterocycles. The van der Waals surface area contributed by atoms with E-state index in [2.05, 4.69) is 35.1 Å². The Morgan fingerprint density at radius 1 is 1.00 bits per heavy atom. The number of pyridine rings is 1. The van der Waals surface area contributed by atoms with Crippen LogP contribution in [0.1, 0.15) is 23.1 Å². The molecule has 0 atom stereocenters. The Balaban J connectivity index is 1.29. The van der Waals surface area contributed by atoms with Gasteiger partial charge in [-0.15, -0.1) is 0 Å². The molecule has 0 radical (unpaired) electrons. The standard InChI is InChI=1S/C24H22N2O3/c1-17-2-8-23-22(14-17)19(15-26-23)3-9-24(27)29-21-6-4-20(5-7-21)28-16-18-10-12-25-13-11-18/h2,4-8,10-15,26H,3,9,16H2,1H3. The summed E-state index contributed by atoms with van der Waals surface area (Å²) in [6, 6.07) is 17.2. The van der Waals surface area contributed by atoms with Crippen LogP contribution in [0.25, 0.3) is 10.9 Å². The third-order valence-corrected chi connectivity index (χ3v) is 4.73. The molecule has 146 valence electrons. The summed E-state index contributed by atoms with van der Waals surface area (Å²) in [7, 11) is 0. The zero-order chi connectivity index (χ0) is 20.1. The molecule has 2 aromatic heterocycles. The molecule has 0 unspecified atom stereocenters. The summed E-state index contributed by atoms with van der Waals surface area (Å²) in [5, 5.41) is 1.16. The molecule has 0 saturated carbocycles. The topological polar surface area (TPSA) is 64.2 Å². The Kier molecular flexibility index (Phi) is 5.56. The number of ether oxygens (including phenoxy) is 2. The van der Waals surface area contributed by atoms with E-state index in [1.165, 1.54) is 5.56 Å². The van der Waals surface area contributed by atoms with Gasteiger partial charge >= 0.3 is 5.97 Å². The number of hydrogen-bond acceptors (Lipinski definition) is 4. The average Bonchev–Trinajstić information content (AvgIpc) is 3.14. The number of H-pyrrole nitrogens is 1. The zero-order valence-electron chi connectivity index (χ0n) is 16.2. The summed E-state index contributed by atoms with van der Waals surface area (Å²) < 4.78 is 11.2. The zero-order valence-corrected chi connectivity index (χ0v) is 16.2. The summed E-state index contributed by atoms with van der Waals surface area (Å²) in [6.45, 7) is 2.53. The van der Waals surface area contributed by atoms with Crippen molar-refractivity contribution in [2.24, 2.45) is 0 Å². The molecule has 2 heterocycles. The number of aryl methyl sites for hydroxylation is 2. The molecule has 1 N–H and O–H groups in total. The quantitative estimate of drug-likeness (QED) is 0.359. The van der Waals surface area contributed by atoms with Gasteiger partial charge < -0.3 is 14.5 Å². The fraction of sp³-hybridized carbons (Fsp3) is 0.167. The molecule has 0 spiro atoms. The highest BCUT2D eigenvalue weighted by Crippen LogP contribution is 2.22. The molecule has 2 aromatic carbocycles. The third kappa shape index (κ3) is 4.82. The second-order valence-corrected chi connectivity index (χ2v) is 6.95. The number of esters is 1. The molecular formula is C24H22N2O3. The molecule has 0 amide bonds. The maximum absolute atomic E-state index is 12.2. The minimum absolute atomic E-state index is 0.252. The third-order valence-electron chi connectivity index (χ3n) is 4.73. The van der Waals surface area contributed by atoms with E-state index in [0.717, 1.165) is 27.8 Å². The Labute approximate surface area is 169 Å². The van der Waals surface area contributed by atoms with E-state index in [0.29, 0.717) is 25.2 Å². The molecule has 5 nitrogen and oxygen atoms in total. The summed E-state index contributed by atoms with van der Waals surface area (Å²) in [4.78, 5) is 19.5. The van der Waals surface area contributed by atoms with E-state index in [1.54, 1.807) is 36.7 Å². The monoisotopic (exact) mass is 386 g/mol. The lowest BCUT2D eigenvalue weighted by Gasteiger charge is -2.08. The number of nitrogens with zero attached hydrogens (tertiary/aromatic N) is 1. The van der Waals surface area contributed by atoms with Crippen molar-refractivity contribution in [1.82, 2.24) is 9.97 Å². The highest BCUT2D eigenvalue weighted by Gasteiger charge is 2.09. The number of rotatable bonds is 7. The van der Waals surface area contributed by atoms with Crippen molar-refractivity contribution >= 4 is 16.9 Å². The minimum Gasteiger partial charge on any atom is -0.489 e. The normalized spacial score (nSPS) is 10.8. The number of carbonyl (C=O) groups excluding carboxylic acids is 1. The molecule has 0 bridgehead atoms. The number of carbonyl (C=O) groups is 1. The van der Waals surface area contributed by atoms with Crippen molar-refractivity contribution in [3.05, 3.63) is 89.9 Å². The first-order valence-corrected chi connectivity index (χ1v) is 9.56. The minimum atomic E-state index is -0.252. The fourth-order valence-electron chi connectivity index (χ4n) is 3.17. The molecule has 0 fully saturated rings. The van der Waals surface area contributed by atoms with E-state index in [-0.39, 0.29) is 5.97 Å². The summed E-state index contributed by atoms with van der Waals surface area (Å²) >= 11 is 0. The SMILES string of the molecule is Cc1ccc2[nH]cc(CCC(=O)Oc3ccc(OCc4ccncc4)cc3)c2c1. The van der Waals surface area contributed by atoms with Crippen LogP contribution in [0, 0.1) is 6.92 Å². The Bertz CT molecular complexity index is 1100. The Hall–Kier alpha value is -3.60. The van der Waals surface area contributed by atoms with Crippen LogP contribution < -0.4 is 9.47 Å². The van der Waals surface area contributed by atoms with Gasteiger partial charge in [-0.2, -0.15) is 0 Å². The van der Waals surface area contributed by atoms with Crippen molar-refractivity contribution in [2.45, 2.75) is 26.4 Å². The van der Waals surface area contributed by atoms with Crippen LogP contribution in [0.2, 0.25) is 0 Å². The second-order valence-electron chi connectivity index (χ2n) is 6.95. The molecule has 0 aliphatic rings. The van der Waals surface area contributed by atoms with Crippen LogP contribution in [-0.4, -0.2) is 15.9 Å². The fourth-order valence-corrected chi connectivity index (χ4v) is 3.17. The van der Waals surface area contributed by atoms with E-state index < -0.39 is 0 Å². The molecule has 0 saturated heterocycles. The summed E-state index contributed by atoms with van der Waals surface area (Å²) in [5.74, 6) is 0.981. The van der Waals surface area contributed by atoms with Crippen LogP contribution in [0.5, 0.6) is 11.5 Å². The van der Waals surface area contributed by atoms with Crippen LogP contribution >= 0.6 is 0 Å². The van der Waals surface area contributed by atoms with E-state index >= 15 is 0 Å². The lowest BCUT2D eigenvalue weighted by atomic mass is 10.1. The van der Waals surface area contributed by atoms with Crippen molar-refractivity contribution < 1.29 is 14.3 Å². The van der Waals surface area contributed by atoms with Gasteiger partial charge in [0.15, 0.2) is 0 Å². The lowest BCUT2D eigenvalue weighted by molar-refractivity contribution is -0.134. The number of hydrogen-bond donors (Lipinski definition) is 1. The number of benzene rings is 2. The van der Waals surface area contributed by atoms with Gasteiger partial charge in [0.2, 0.25) is 0 Å². The first kappa shape index (κ1) is 18.7. The van der Waals surface area contributed by atoms with Crippen LogP contribution in [0.4, 0.5) is 0 Å². The Morgan fingerprint density at radius 2 is 1.76 bits per heavy atom. The van der Waals surface area contributed by atoms with Gasteiger partial charge in [0.1, 0.15) is 18.1 Å². The van der Waals surface area contributed by atoms with Crippen molar-refractivity contribution in [2.75, 3.05) is 0 Å². The van der Waals surface area contributed by atoms with Gasteiger partial charge in [0.05, 0.1) is 6.42 Å². The number of nitrogens with one attached hydrogen (secondary N) is 1. The highest BCUT2D eigenvalue weighted by molar-refractivity contribution is 5.84. The van der Waals surface area contributed by atoms with Crippen molar-refractivity contribution in [3.8, 4) is 11.5 Å². The lowest BCUT2D eigenvalue weighted by Crippen LogP contribution is -2.08. The largest absolute Gasteiger partial charge is 0.489 e. The van der Waals surface area contributed by atoms with Gasteiger partial charge in [0, 0.05) is 29.5 Å². The predicted molar refractivity (Wildman–Crippen MR) is 112 cm³/mol. The molecule has 4 aromatic rings. The highest BCUT2D eigenvalue weighted by atomic mass is 16.5. The number of aromatic nitrogens is 2. The number of aromatic amines is 1. The average molecular weight is 386 g/mol. The summed E-state index contributed by atoms with van der Waals surface area (Å²) in [5.41, 5.74) is 4.46. The van der Waals surface area contributed by atoms with Crippen LogP contribution in [0.3, 0.4) is 0 Å². The molecular weight excluding hydrogens is 364 g/mol. The molecule has 0 aliphatic carbocycles. The van der Waals surface area contributed by atoms with E-state index in [9.17, 15) is 4.79 Å². The number of fused-ring (bicyclic) bond motifs is 1. The van der Waals surface area contributed by atoms with Crippen molar-refractivity contribution in [3.63, 3.8) is 0 Å². The van der Waals surface area contributed by atoms with Gasteiger partial charge in [-0.3, -0.25) is 9.78 Å². The van der Waals surface area contributed by atoms with Gasteiger partial charge in [-0.1, -0.05) is 11.6 Å². The molecule has 29 heavy (non-hydrogen) atoms.